The van der Waals surface area contributed by atoms with Gasteiger partial charge in [0.05, 0.1) is 12.2 Å². The minimum atomic E-state index is -1.23. The van der Waals surface area contributed by atoms with Crippen LogP contribution in [0.2, 0.25) is 0 Å². The Labute approximate surface area is 185 Å². The van der Waals surface area contributed by atoms with Crippen molar-refractivity contribution in [2.45, 2.75) is 91.0 Å². The van der Waals surface area contributed by atoms with Crippen molar-refractivity contribution in [2.75, 3.05) is 13.2 Å². The van der Waals surface area contributed by atoms with Crippen molar-refractivity contribution in [1.29, 1.82) is 0 Å². The van der Waals surface area contributed by atoms with E-state index < -0.39 is 28.5 Å². The molecule has 7 nitrogen and oxygen atoms in total. The topological polar surface area (TPSA) is 113 Å². The number of ether oxygens (including phenoxy) is 2. The lowest BCUT2D eigenvalue weighted by Gasteiger charge is -2.61. The van der Waals surface area contributed by atoms with E-state index in [1.807, 2.05) is 0 Å². The molecule has 0 heterocycles. The maximum absolute atomic E-state index is 11.9. The molecule has 0 radical (unpaired) electrons. The summed E-state index contributed by atoms with van der Waals surface area (Å²) >= 11 is 0. The number of esters is 2. The molecule has 2 rings (SSSR count). The SMILES string of the molecule is C=C1CC[C@H]2[C@](C)(CC[C@H](OC(C)=O)C(C)(C)O)[C@@H](OC(C)=O)CC[C@]2(CO)[C@H]1CO. The minimum Gasteiger partial charge on any atom is -0.462 e. The van der Waals surface area contributed by atoms with E-state index in [1.54, 1.807) is 13.8 Å². The largest absolute Gasteiger partial charge is 0.462 e. The van der Waals surface area contributed by atoms with Crippen LogP contribution in [0.1, 0.15) is 73.1 Å². The van der Waals surface area contributed by atoms with Gasteiger partial charge in [-0.15, -0.1) is 0 Å². The molecule has 2 fully saturated rings. The van der Waals surface area contributed by atoms with E-state index in [9.17, 15) is 24.9 Å². The van der Waals surface area contributed by atoms with Gasteiger partial charge in [0.2, 0.25) is 0 Å². The normalized spacial score (nSPS) is 34.6. The number of hydrogen-bond donors (Lipinski definition) is 3. The maximum atomic E-state index is 11.9. The van der Waals surface area contributed by atoms with Crippen molar-refractivity contribution in [3.05, 3.63) is 12.2 Å². The Kier molecular flexibility index (Phi) is 7.99. The smallest absolute Gasteiger partial charge is 0.303 e. The molecule has 7 heteroatoms. The van der Waals surface area contributed by atoms with Gasteiger partial charge in [-0.05, 0) is 58.3 Å². The van der Waals surface area contributed by atoms with Gasteiger partial charge in [0.15, 0.2) is 0 Å². The summed E-state index contributed by atoms with van der Waals surface area (Å²) in [6.45, 7) is 12.0. The van der Waals surface area contributed by atoms with Gasteiger partial charge in [-0.25, -0.2) is 0 Å². The Morgan fingerprint density at radius 2 is 1.87 bits per heavy atom. The lowest BCUT2D eigenvalue weighted by molar-refractivity contribution is -0.194. The summed E-state index contributed by atoms with van der Waals surface area (Å²) in [6, 6.07) is 0. The first kappa shape index (κ1) is 25.8. The molecule has 0 aromatic heterocycles. The Morgan fingerprint density at radius 1 is 1.23 bits per heavy atom. The molecule has 3 N–H and O–H groups in total. The van der Waals surface area contributed by atoms with Crippen LogP contribution in [-0.4, -0.2) is 58.3 Å². The minimum absolute atomic E-state index is 0.0227. The zero-order valence-electron chi connectivity index (χ0n) is 19.6. The van der Waals surface area contributed by atoms with Crippen LogP contribution in [0.3, 0.4) is 0 Å². The quantitative estimate of drug-likeness (QED) is 0.393. The molecular formula is C24H40O7. The third-order valence-corrected chi connectivity index (χ3v) is 7.86. The van der Waals surface area contributed by atoms with Gasteiger partial charge in [-0.2, -0.15) is 0 Å². The molecule has 2 aliphatic carbocycles. The average molecular weight is 441 g/mol. The van der Waals surface area contributed by atoms with Crippen molar-refractivity contribution in [1.82, 2.24) is 0 Å². The first-order valence-electron chi connectivity index (χ1n) is 11.3. The molecule has 31 heavy (non-hydrogen) atoms. The molecule has 0 amide bonds. The van der Waals surface area contributed by atoms with Gasteiger partial charge >= 0.3 is 11.9 Å². The lowest BCUT2D eigenvalue weighted by Crippen LogP contribution is -2.60. The van der Waals surface area contributed by atoms with Crippen LogP contribution in [0.25, 0.3) is 0 Å². The van der Waals surface area contributed by atoms with Gasteiger partial charge in [0.25, 0.3) is 0 Å². The molecule has 2 aliphatic rings. The third-order valence-electron chi connectivity index (χ3n) is 7.86. The van der Waals surface area contributed by atoms with Crippen LogP contribution < -0.4 is 0 Å². The molecule has 0 aromatic carbocycles. The van der Waals surface area contributed by atoms with Crippen molar-refractivity contribution >= 4 is 11.9 Å². The number of hydrogen-bond acceptors (Lipinski definition) is 7. The summed E-state index contributed by atoms with van der Waals surface area (Å²) in [4.78, 5) is 23.5. The summed E-state index contributed by atoms with van der Waals surface area (Å²) in [5.74, 6) is -1.06. The molecular weight excluding hydrogens is 400 g/mol. The van der Waals surface area contributed by atoms with Crippen LogP contribution >= 0.6 is 0 Å². The highest BCUT2D eigenvalue weighted by Gasteiger charge is 2.60. The van der Waals surface area contributed by atoms with E-state index in [4.69, 9.17) is 9.47 Å². The second kappa shape index (κ2) is 9.59. The molecule has 0 aliphatic heterocycles. The molecule has 0 unspecified atom stereocenters. The summed E-state index contributed by atoms with van der Waals surface area (Å²) in [6.07, 6.45) is 2.55. The molecule has 0 spiro atoms. The first-order chi connectivity index (χ1) is 14.3. The van der Waals surface area contributed by atoms with Crippen LogP contribution in [0, 0.1) is 22.7 Å². The van der Waals surface area contributed by atoms with Crippen LogP contribution in [0.4, 0.5) is 0 Å². The summed E-state index contributed by atoms with van der Waals surface area (Å²) in [5.41, 5.74) is -1.34. The first-order valence-corrected chi connectivity index (χ1v) is 11.3. The highest BCUT2D eigenvalue weighted by molar-refractivity contribution is 5.66. The Balaban J connectivity index is 2.44. The number of aliphatic hydroxyl groups is 3. The van der Waals surface area contributed by atoms with E-state index in [2.05, 4.69) is 13.5 Å². The predicted molar refractivity (Wildman–Crippen MR) is 116 cm³/mol. The Hall–Kier alpha value is -1.44. The number of fused-ring (bicyclic) bond motifs is 1. The number of carbonyl (C=O) groups is 2. The van der Waals surface area contributed by atoms with Gasteiger partial charge in [-0.3, -0.25) is 9.59 Å². The maximum Gasteiger partial charge on any atom is 0.303 e. The molecule has 178 valence electrons. The fourth-order valence-electron chi connectivity index (χ4n) is 6.27. The highest BCUT2D eigenvalue weighted by atomic mass is 16.6. The summed E-state index contributed by atoms with van der Waals surface area (Å²) < 4.78 is 11.2. The van der Waals surface area contributed by atoms with Crippen LogP contribution in [0.15, 0.2) is 12.2 Å². The van der Waals surface area contributed by atoms with Crippen molar-refractivity contribution < 1.29 is 34.4 Å². The Morgan fingerprint density at radius 3 is 2.35 bits per heavy atom. The van der Waals surface area contributed by atoms with Gasteiger partial charge < -0.3 is 24.8 Å². The highest BCUT2D eigenvalue weighted by Crippen LogP contribution is 2.62. The molecule has 2 saturated carbocycles. The molecule has 0 aromatic rings. The van der Waals surface area contributed by atoms with E-state index in [0.717, 1.165) is 18.4 Å². The van der Waals surface area contributed by atoms with Gasteiger partial charge in [-0.1, -0.05) is 19.1 Å². The summed E-state index contributed by atoms with van der Waals surface area (Å²) in [7, 11) is 0. The van der Waals surface area contributed by atoms with Gasteiger partial charge in [0.1, 0.15) is 12.2 Å². The monoisotopic (exact) mass is 440 g/mol. The lowest BCUT2D eigenvalue weighted by atomic mass is 9.45. The van der Waals surface area contributed by atoms with Gasteiger partial charge in [0, 0.05) is 37.2 Å². The zero-order chi connectivity index (χ0) is 23.6. The number of rotatable bonds is 8. The zero-order valence-corrected chi connectivity index (χ0v) is 19.6. The Bertz CT molecular complexity index is 682. The van der Waals surface area contributed by atoms with E-state index in [-0.39, 0.29) is 37.1 Å². The second-order valence-corrected chi connectivity index (χ2v) is 10.3. The molecule has 0 bridgehead atoms. The van der Waals surface area contributed by atoms with Crippen LogP contribution in [-0.2, 0) is 19.1 Å². The summed E-state index contributed by atoms with van der Waals surface area (Å²) in [5, 5.41) is 31.3. The van der Waals surface area contributed by atoms with E-state index >= 15 is 0 Å². The average Bonchev–Trinajstić information content (AvgIpc) is 2.66. The van der Waals surface area contributed by atoms with E-state index in [0.29, 0.717) is 25.7 Å². The second-order valence-electron chi connectivity index (χ2n) is 10.3. The third kappa shape index (κ3) is 5.15. The van der Waals surface area contributed by atoms with Crippen molar-refractivity contribution in [3.63, 3.8) is 0 Å². The van der Waals surface area contributed by atoms with Crippen molar-refractivity contribution in [3.8, 4) is 0 Å². The fraction of sp³-hybridized carbons (Fsp3) is 0.833. The standard InChI is InChI=1S/C24H40O7/c1-15-7-8-19-23(6,11-9-20(22(4,5)29)30-16(2)27)21(31-17(3)28)10-12-24(19,14-26)18(15)13-25/h18-21,25-26,29H,1,7-14H2,2-6H3/t18-,19-,20-,21-,23-,24-/m0/s1. The molecule has 0 saturated heterocycles. The molecule has 6 atom stereocenters. The fourth-order valence-corrected chi connectivity index (χ4v) is 6.27. The van der Waals surface area contributed by atoms with Crippen LogP contribution in [0.5, 0.6) is 0 Å². The predicted octanol–water partition coefficient (Wildman–Crippen LogP) is 2.75. The number of carbonyl (C=O) groups excluding carboxylic acids is 2. The number of aliphatic hydroxyl groups excluding tert-OH is 2. The van der Waals surface area contributed by atoms with E-state index in [1.165, 1.54) is 13.8 Å². The van der Waals surface area contributed by atoms with Crippen molar-refractivity contribution in [2.24, 2.45) is 22.7 Å².